The van der Waals surface area contributed by atoms with Crippen LogP contribution in [-0.4, -0.2) is 37.7 Å². The van der Waals surface area contributed by atoms with Crippen molar-refractivity contribution in [3.8, 4) is 11.5 Å². The first-order valence-electron chi connectivity index (χ1n) is 7.88. The van der Waals surface area contributed by atoms with Gasteiger partial charge in [0.1, 0.15) is 0 Å². The maximum atomic E-state index is 5.86. The van der Waals surface area contributed by atoms with Gasteiger partial charge in [0.15, 0.2) is 11.5 Å². The summed E-state index contributed by atoms with van der Waals surface area (Å²) in [5, 5.41) is 0. The van der Waals surface area contributed by atoms with Crippen LogP contribution in [0.15, 0.2) is 24.3 Å². The molecule has 3 heteroatoms. The maximum Gasteiger partial charge on any atom is 0.161 e. The Bertz CT molecular complexity index is 351. The molecule has 0 saturated carbocycles. The van der Waals surface area contributed by atoms with E-state index in [1.165, 1.54) is 0 Å². The number of nitrogens with zero attached hydrogens (tertiary/aromatic N) is 1. The average molecular weight is 279 g/mol. The number of hydrogen-bond donors (Lipinski definition) is 0. The van der Waals surface area contributed by atoms with E-state index in [2.05, 4.69) is 25.7 Å². The van der Waals surface area contributed by atoms with Crippen LogP contribution >= 0.6 is 0 Å². The average Bonchev–Trinajstić information content (AvgIpc) is 2.49. The molecule has 0 unspecified atom stereocenters. The lowest BCUT2D eigenvalue weighted by atomic mass is 10.3. The van der Waals surface area contributed by atoms with E-state index in [9.17, 15) is 0 Å². The fraction of sp³-hybridized carbons (Fsp3) is 0.647. The highest BCUT2D eigenvalue weighted by molar-refractivity contribution is 5.39. The molecule has 1 aromatic rings. The number of unbranched alkanes of at least 4 members (excludes halogenated alkanes) is 1. The predicted octanol–water partition coefficient (Wildman–Crippen LogP) is 3.98. The summed E-state index contributed by atoms with van der Waals surface area (Å²) in [7, 11) is 0. The van der Waals surface area contributed by atoms with Gasteiger partial charge in [-0.2, -0.15) is 0 Å². The van der Waals surface area contributed by atoms with E-state index < -0.39 is 0 Å². The summed E-state index contributed by atoms with van der Waals surface area (Å²) in [6.07, 6.45) is 3.27. The topological polar surface area (TPSA) is 21.7 Å². The van der Waals surface area contributed by atoms with Crippen LogP contribution in [0.4, 0.5) is 0 Å². The fourth-order valence-corrected chi connectivity index (χ4v) is 2.03. The Balaban J connectivity index is 2.35. The van der Waals surface area contributed by atoms with Gasteiger partial charge in [0.25, 0.3) is 0 Å². The van der Waals surface area contributed by atoms with Crippen molar-refractivity contribution in [2.45, 2.75) is 40.0 Å². The standard InChI is InChI=1S/C17H29NO2/c1-4-7-14-19-16-11-8-9-12-17(16)20-15-10-13-18(5-2)6-3/h8-9,11-12H,4-7,10,13-15H2,1-3H3. The molecule has 0 aliphatic rings. The van der Waals surface area contributed by atoms with E-state index in [-0.39, 0.29) is 0 Å². The third-order valence-electron chi connectivity index (χ3n) is 3.38. The second kappa shape index (κ2) is 10.6. The van der Waals surface area contributed by atoms with Crippen LogP contribution < -0.4 is 9.47 Å². The van der Waals surface area contributed by atoms with Gasteiger partial charge in [0.2, 0.25) is 0 Å². The highest BCUT2D eigenvalue weighted by Crippen LogP contribution is 2.26. The van der Waals surface area contributed by atoms with Gasteiger partial charge in [-0.3, -0.25) is 0 Å². The van der Waals surface area contributed by atoms with Gasteiger partial charge in [0.05, 0.1) is 13.2 Å². The molecule has 0 aromatic heterocycles. The molecule has 0 saturated heterocycles. The van der Waals surface area contributed by atoms with E-state index in [0.717, 1.165) is 63.6 Å². The zero-order valence-electron chi connectivity index (χ0n) is 13.2. The Kier molecular flexibility index (Phi) is 8.88. The Labute approximate surface area is 123 Å². The third kappa shape index (κ3) is 6.29. The first-order chi connectivity index (χ1) is 9.81. The van der Waals surface area contributed by atoms with Crippen LogP contribution in [-0.2, 0) is 0 Å². The van der Waals surface area contributed by atoms with Gasteiger partial charge in [-0.15, -0.1) is 0 Å². The Morgan fingerprint density at radius 1 is 0.850 bits per heavy atom. The zero-order chi connectivity index (χ0) is 14.6. The van der Waals surface area contributed by atoms with Crippen LogP contribution in [0.25, 0.3) is 0 Å². The molecule has 0 fully saturated rings. The molecule has 0 atom stereocenters. The van der Waals surface area contributed by atoms with Gasteiger partial charge >= 0.3 is 0 Å². The van der Waals surface area contributed by atoms with Crippen LogP contribution in [0.2, 0.25) is 0 Å². The monoisotopic (exact) mass is 279 g/mol. The zero-order valence-corrected chi connectivity index (χ0v) is 13.2. The smallest absolute Gasteiger partial charge is 0.161 e. The number of para-hydroxylation sites is 2. The first-order valence-corrected chi connectivity index (χ1v) is 7.88. The number of benzene rings is 1. The summed E-state index contributed by atoms with van der Waals surface area (Å²) >= 11 is 0. The van der Waals surface area contributed by atoms with E-state index in [4.69, 9.17) is 9.47 Å². The van der Waals surface area contributed by atoms with Crippen molar-refractivity contribution in [1.82, 2.24) is 4.90 Å². The molecule has 1 aromatic carbocycles. The van der Waals surface area contributed by atoms with Crippen molar-refractivity contribution in [1.29, 1.82) is 0 Å². The van der Waals surface area contributed by atoms with Crippen LogP contribution in [0.3, 0.4) is 0 Å². The van der Waals surface area contributed by atoms with Crippen molar-refractivity contribution >= 4 is 0 Å². The highest BCUT2D eigenvalue weighted by Gasteiger charge is 2.04. The summed E-state index contributed by atoms with van der Waals surface area (Å²) in [5.74, 6) is 1.73. The summed E-state index contributed by atoms with van der Waals surface area (Å²) in [6.45, 7) is 11.4. The van der Waals surface area contributed by atoms with Crippen LogP contribution in [0.5, 0.6) is 11.5 Å². The summed E-state index contributed by atoms with van der Waals surface area (Å²) in [6, 6.07) is 7.95. The Morgan fingerprint density at radius 2 is 1.40 bits per heavy atom. The largest absolute Gasteiger partial charge is 0.490 e. The van der Waals surface area contributed by atoms with E-state index in [1.54, 1.807) is 0 Å². The second-order valence-corrected chi connectivity index (χ2v) is 4.88. The molecule has 0 aliphatic heterocycles. The number of ether oxygens (including phenoxy) is 2. The molecule has 0 N–H and O–H groups in total. The number of rotatable bonds is 11. The number of hydrogen-bond acceptors (Lipinski definition) is 3. The SMILES string of the molecule is CCCCOc1ccccc1OCCCN(CC)CC. The molecule has 0 heterocycles. The Morgan fingerprint density at radius 3 is 1.90 bits per heavy atom. The molecular weight excluding hydrogens is 250 g/mol. The van der Waals surface area contributed by atoms with Gasteiger partial charge in [0, 0.05) is 6.54 Å². The highest BCUT2D eigenvalue weighted by atomic mass is 16.5. The summed E-state index contributed by atoms with van der Waals surface area (Å²) in [5.41, 5.74) is 0. The molecule has 0 radical (unpaired) electrons. The van der Waals surface area contributed by atoms with Gasteiger partial charge in [-0.1, -0.05) is 39.3 Å². The van der Waals surface area contributed by atoms with E-state index in [0.29, 0.717) is 0 Å². The minimum atomic E-state index is 0.741. The quantitative estimate of drug-likeness (QED) is 0.572. The second-order valence-electron chi connectivity index (χ2n) is 4.88. The minimum Gasteiger partial charge on any atom is -0.490 e. The van der Waals surface area contributed by atoms with Gasteiger partial charge < -0.3 is 14.4 Å². The molecule has 20 heavy (non-hydrogen) atoms. The minimum absolute atomic E-state index is 0.741. The predicted molar refractivity (Wildman–Crippen MR) is 84.7 cm³/mol. The van der Waals surface area contributed by atoms with Crippen molar-refractivity contribution in [2.75, 3.05) is 32.8 Å². The first kappa shape index (κ1) is 16.8. The fourth-order valence-electron chi connectivity index (χ4n) is 2.03. The van der Waals surface area contributed by atoms with Gasteiger partial charge in [-0.05, 0) is 38.1 Å². The van der Waals surface area contributed by atoms with Crippen molar-refractivity contribution in [3.05, 3.63) is 24.3 Å². The molecule has 1 rings (SSSR count). The molecular formula is C17H29NO2. The summed E-state index contributed by atoms with van der Waals surface area (Å²) in [4.78, 5) is 2.41. The molecule has 114 valence electrons. The molecule has 0 spiro atoms. The van der Waals surface area contributed by atoms with Gasteiger partial charge in [-0.25, -0.2) is 0 Å². The van der Waals surface area contributed by atoms with Crippen molar-refractivity contribution in [3.63, 3.8) is 0 Å². The maximum absolute atomic E-state index is 5.86. The lowest BCUT2D eigenvalue weighted by molar-refractivity contribution is 0.235. The van der Waals surface area contributed by atoms with Crippen LogP contribution in [0, 0.1) is 0 Å². The Hall–Kier alpha value is -1.22. The summed E-state index contributed by atoms with van der Waals surface area (Å²) < 4.78 is 11.6. The normalized spacial score (nSPS) is 10.8. The lowest BCUT2D eigenvalue weighted by Crippen LogP contribution is -2.25. The molecule has 3 nitrogen and oxygen atoms in total. The third-order valence-corrected chi connectivity index (χ3v) is 3.38. The van der Waals surface area contributed by atoms with E-state index in [1.807, 2.05) is 24.3 Å². The molecule has 0 aliphatic carbocycles. The van der Waals surface area contributed by atoms with Crippen LogP contribution in [0.1, 0.15) is 40.0 Å². The molecule has 0 amide bonds. The molecule has 0 bridgehead atoms. The lowest BCUT2D eigenvalue weighted by Gasteiger charge is -2.18. The van der Waals surface area contributed by atoms with E-state index >= 15 is 0 Å². The van der Waals surface area contributed by atoms with Crippen molar-refractivity contribution in [2.24, 2.45) is 0 Å². The van der Waals surface area contributed by atoms with Crippen molar-refractivity contribution < 1.29 is 9.47 Å².